The quantitative estimate of drug-likeness (QED) is 0.305. The highest BCUT2D eigenvalue weighted by molar-refractivity contribution is 9.10. The van der Waals surface area contributed by atoms with Crippen LogP contribution in [0.15, 0.2) is 64.7 Å². The van der Waals surface area contributed by atoms with Crippen LogP contribution in [0.4, 0.5) is 5.69 Å². The fourth-order valence-electron chi connectivity index (χ4n) is 1.97. The van der Waals surface area contributed by atoms with E-state index in [0.717, 1.165) is 4.47 Å². The lowest BCUT2D eigenvalue weighted by atomic mass is 10.2. The molecule has 0 saturated carbocycles. The molecule has 0 atom stereocenters. The average molecular weight is 432 g/mol. The summed E-state index contributed by atoms with van der Waals surface area (Å²) in [7, 11) is 1.54. The van der Waals surface area contributed by atoms with Crippen molar-refractivity contribution in [2.24, 2.45) is 5.10 Å². The van der Waals surface area contributed by atoms with E-state index in [4.69, 9.17) is 9.47 Å². The van der Waals surface area contributed by atoms with Crippen molar-refractivity contribution in [1.29, 1.82) is 0 Å². The van der Waals surface area contributed by atoms with Gasteiger partial charge in [0.05, 0.1) is 13.3 Å². The topological polar surface area (TPSA) is 89.0 Å². The summed E-state index contributed by atoms with van der Waals surface area (Å²) in [6.07, 6.45) is 3.01. The molecule has 7 nitrogen and oxygen atoms in total. The first kappa shape index (κ1) is 20.2. The molecule has 27 heavy (non-hydrogen) atoms. The number of carbonyl (C=O) groups excluding carboxylic acids is 2. The number of hydrogen-bond donors (Lipinski definition) is 2. The molecule has 0 radical (unpaired) electrons. The van der Waals surface area contributed by atoms with Crippen LogP contribution in [0.5, 0.6) is 11.5 Å². The fraction of sp³-hybridized carbons (Fsp3) is 0.105. The number of methoxy groups -OCH3 is 1. The summed E-state index contributed by atoms with van der Waals surface area (Å²) < 4.78 is 11.4. The Kier molecular flexibility index (Phi) is 7.57. The Morgan fingerprint density at radius 1 is 1.19 bits per heavy atom. The van der Waals surface area contributed by atoms with Crippen LogP contribution in [-0.2, 0) is 9.59 Å². The lowest BCUT2D eigenvalue weighted by Gasteiger charge is -2.07. The minimum absolute atomic E-state index is 0.332. The molecule has 0 fully saturated rings. The SMILES string of the molecule is C=CCOc1ccc(Br)cc1/C=N/NC(=O)C(=O)Nc1ccc(OC)cc1. The van der Waals surface area contributed by atoms with Gasteiger partial charge in [0.1, 0.15) is 18.1 Å². The minimum atomic E-state index is -0.898. The van der Waals surface area contributed by atoms with E-state index in [1.807, 2.05) is 6.07 Å². The van der Waals surface area contributed by atoms with Gasteiger partial charge in [-0.25, -0.2) is 5.43 Å². The second-order valence-corrected chi connectivity index (χ2v) is 6.08. The Bertz CT molecular complexity index is 851. The number of halogens is 1. The van der Waals surface area contributed by atoms with Crippen LogP contribution in [-0.4, -0.2) is 31.7 Å². The standard InChI is InChI=1S/C19H18BrN3O4/c1-3-10-27-17-9-4-14(20)11-13(17)12-21-23-19(25)18(24)22-15-5-7-16(26-2)8-6-15/h3-9,11-12H,1,10H2,2H3,(H,22,24)(H,23,25)/b21-12+. The number of rotatable bonds is 7. The van der Waals surface area contributed by atoms with Crippen molar-refractivity contribution in [1.82, 2.24) is 5.43 Å². The molecule has 0 bridgehead atoms. The van der Waals surface area contributed by atoms with Crippen molar-refractivity contribution in [3.05, 3.63) is 65.2 Å². The maximum Gasteiger partial charge on any atom is 0.329 e. The predicted molar refractivity (Wildman–Crippen MR) is 107 cm³/mol. The number of hydrazone groups is 1. The first-order valence-corrected chi connectivity index (χ1v) is 8.64. The third-order valence-corrected chi connectivity index (χ3v) is 3.75. The van der Waals surface area contributed by atoms with Crippen molar-refractivity contribution >= 4 is 39.6 Å². The van der Waals surface area contributed by atoms with Crippen molar-refractivity contribution in [3.63, 3.8) is 0 Å². The number of nitrogens with one attached hydrogen (secondary N) is 2. The van der Waals surface area contributed by atoms with E-state index in [9.17, 15) is 9.59 Å². The van der Waals surface area contributed by atoms with Gasteiger partial charge in [-0.2, -0.15) is 5.10 Å². The molecule has 8 heteroatoms. The van der Waals surface area contributed by atoms with E-state index >= 15 is 0 Å². The van der Waals surface area contributed by atoms with Gasteiger partial charge in [0.2, 0.25) is 0 Å². The zero-order valence-electron chi connectivity index (χ0n) is 14.6. The Morgan fingerprint density at radius 3 is 2.59 bits per heavy atom. The van der Waals surface area contributed by atoms with Gasteiger partial charge in [-0.15, -0.1) is 0 Å². The van der Waals surface area contributed by atoms with Gasteiger partial charge in [-0.05, 0) is 42.5 Å². The Balaban J connectivity index is 1.96. The first-order chi connectivity index (χ1) is 13.0. The largest absolute Gasteiger partial charge is 0.497 e. The number of amides is 2. The number of hydrogen-bond acceptors (Lipinski definition) is 5. The van der Waals surface area contributed by atoms with Crippen LogP contribution in [0.3, 0.4) is 0 Å². The van der Waals surface area contributed by atoms with E-state index < -0.39 is 11.8 Å². The maximum absolute atomic E-state index is 11.9. The van der Waals surface area contributed by atoms with Crippen molar-refractivity contribution in [2.45, 2.75) is 0 Å². The molecule has 2 aromatic rings. The predicted octanol–water partition coefficient (Wildman–Crippen LogP) is 3.11. The Morgan fingerprint density at radius 2 is 1.93 bits per heavy atom. The highest BCUT2D eigenvalue weighted by Crippen LogP contribution is 2.21. The lowest BCUT2D eigenvalue weighted by molar-refractivity contribution is -0.136. The van der Waals surface area contributed by atoms with E-state index in [-0.39, 0.29) is 0 Å². The highest BCUT2D eigenvalue weighted by atomic mass is 79.9. The maximum atomic E-state index is 11.9. The number of anilines is 1. The normalized spacial score (nSPS) is 10.3. The molecular weight excluding hydrogens is 414 g/mol. The van der Waals surface area contributed by atoms with Crippen molar-refractivity contribution in [2.75, 3.05) is 19.0 Å². The second kappa shape index (κ2) is 10.1. The molecule has 2 amide bonds. The summed E-state index contributed by atoms with van der Waals surface area (Å²) in [5.41, 5.74) is 3.27. The van der Waals surface area contributed by atoms with Crippen LogP contribution in [0, 0.1) is 0 Å². The summed E-state index contributed by atoms with van der Waals surface area (Å²) in [6, 6.07) is 11.9. The first-order valence-electron chi connectivity index (χ1n) is 7.85. The third-order valence-electron chi connectivity index (χ3n) is 3.25. The van der Waals surface area contributed by atoms with Gasteiger partial charge < -0.3 is 14.8 Å². The molecule has 0 aliphatic carbocycles. The van der Waals surface area contributed by atoms with Gasteiger partial charge >= 0.3 is 11.8 Å². The van der Waals surface area contributed by atoms with Crippen LogP contribution in [0.25, 0.3) is 0 Å². The van der Waals surface area contributed by atoms with Crippen molar-refractivity contribution in [3.8, 4) is 11.5 Å². The number of carbonyl (C=O) groups is 2. The summed E-state index contributed by atoms with van der Waals surface area (Å²) in [4.78, 5) is 23.8. The molecule has 2 aromatic carbocycles. The smallest absolute Gasteiger partial charge is 0.329 e. The summed E-state index contributed by atoms with van der Waals surface area (Å²) in [5.74, 6) is -0.523. The molecule has 0 heterocycles. The lowest BCUT2D eigenvalue weighted by Crippen LogP contribution is -2.32. The van der Waals surface area contributed by atoms with Crippen LogP contribution >= 0.6 is 15.9 Å². The van der Waals surface area contributed by atoms with Crippen LogP contribution in [0.1, 0.15) is 5.56 Å². The number of benzene rings is 2. The Labute approximate surface area is 165 Å². The highest BCUT2D eigenvalue weighted by Gasteiger charge is 2.13. The molecule has 2 rings (SSSR count). The minimum Gasteiger partial charge on any atom is -0.497 e. The molecule has 0 aliphatic rings. The van der Waals surface area contributed by atoms with E-state index in [1.165, 1.54) is 13.3 Å². The van der Waals surface area contributed by atoms with Crippen LogP contribution < -0.4 is 20.2 Å². The number of nitrogens with zero attached hydrogens (tertiary/aromatic N) is 1. The fourth-order valence-corrected chi connectivity index (χ4v) is 2.35. The van der Waals surface area contributed by atoms with Crippen LogP contribution in [0.2, 0.25) is 0 Å². The zero-order chi connectivity index (χ0) is 19.6. The monoisotopic (exact) mass is 431 g/mol. The molecule has 140 valence electrons. The van der Waals surface area contributed by atoms with Gasteiger partial charge in [-0.3, -0.25) is 9.59 Å². The summed E-state index contributed by atoms with van der Waals surface area (Å²) in [6.45, 7) is 3.93. The number of ether oxygens (including phenoxy) is 2. The van der Waals surface area contributed by atoms with Crippen molar-refractivity contribution < 1.29 is 19.1 Å². The molecule has 0 aliphatic heterocycles. The molecule has 0 saturated heterocycles. The van der Waals surface area contributed by atoms with E-state index in [0.29, 0.717) is 29.4 Å². The molecule has 0 unspecified atom stereocenters. The van der Waals surface area contributed by atoms with Gasteiger partial charge in [0, 0.05) is 15.7 Å². The Hall–Kier alpha value is -3.13. The van der Waals surface area contributed by atoms with Gasteiger partial charge in [-0.1, -0.05) is 28.6 Å². The van der Waals surface area contributed by atoms with E-state index in [1.54, 1.807) is 42.5 Å². The summed E-state index contributed by atoms with van der Waals surface area (Å²) >= 11 is 3.36. The average Bonchev–Trinajstić information content (AvgIpc) is 2.67. The zero-order valence-corrected chi connectivity index (χ0v) is 16.2. The van der Waals surface area contributed by atoms with Gasteiger partial charge in [0.25, 0.3) is 0 Å². The third kappa shape index (κ3) is 6.27. The molecule has 2 N–H and O–H groups in total. The molecular formula is C19H18BrN3O4. The molecule has 0 aromatic heterocycles. The van der Waals surface area contributed by atoms with Gasteiger partial charge in [0.15, 0.2) is 0 Å². The second-order valence-electron chi connectivity index (χ2n) is 5.16. The summed E-state index contributed by atoms with van der Waals surface area (Å²) in [5, 5.41) is 6.28. The van der Waals surface area contributed by atoms with E-state index in [2.05, 4.69) is 38.4 Å². The molecule has 0 spiro atoms.